The van der Waals surface area contributed by atoms with E-state index in [1.54, 1.807) is 7.11 Å². The van der Waals surface area contributed by atoms with E-state index in [0.717, 1.165) is 17.1 Å². The lowest BCUT2D eigenvalue weighted by Gasteiger charge is -1.93. The topological polar surface area (TPSA) is 18.5 Å². The molecule has 0 radical (unpaired) electrons. The average molecular weight is 136 g/mol. The van der Waals surface area contributed by atoms with Crippen LogP contribution in [0.4, 0.5) is 0 Å². The fourth-order valence-corrected chi connectivity index (χ4v) is 1.91. The van der Waals surface area contributed by atoms with Crippen molar-refractivity contribution in [3.05, 3.63) is 0 Å². The first-order valence-electron chi connectivity index (χ1n) is 2.39. The molecule has 44 valence electrons. The summed E-state index contributed by atoms with van der Waals surface area (Å²) in [6.07, 6.45) is 0. The van der Waals surface area contributed by atoms with Crippen LogP contribution in [0.5, 0.6) is 0 Å². The van der Waals surface area contributed by atoms with Gasteiger partial charge in [-0.05, 0) is 6.04 Å². The van der Waals surface area contributed by atoms with Crippen molar-refractivity contribution >= 4 is 20.2 Å². The van der Waals surface area contributed by atoms with Gasteiger partial charge in [0.15, 0.2) is 9.76 Å². The van der Waals surface area contributed by atoms with Crippen LogP contribution in [0.25, 0.3) is 0 Å². The first-order valence-corrected chi connectivity index (χ1v) is 4.79. The fraction of sp³-hybridized carbons (Fsp3) is 1.00. The van der Waals surface area contributed by atoms with Crippen molar-refractivity contribution in [1.82, 2.24) is 0 Å². The van der Waals surface area contributed by atoms with Crippen LogP contribution < -0.4 is 0 Å². The molecule has 0 N–H and O–H groups in total. The van der Waals surface area contributed by atoms with Gasteiger partial charge in [0.05, 0.1) is 0 Å². The molecule has 0 aromatic heterocycles. The lowest BCUT2D eigenvalue weighted by atomic mass is 10.9. The number of rotatable bonds is 4. The van der Waals surface area contributed by atoms with Gasteiger partial charge < -0.3 is 8.85 Å². The summed E-state index contributed by atoms with van der Waals surface area (Å²) in [5, 5.41) is 0. The van der Waals surface area contributed by atoms with Crippen molar-refractivity contribution in [3.8, 4) is 0 Å². The molecular formula is C3H12O2Si2. The monoisotopic (exact) mass is 136 g/mol. The maximum Gasteiger partial charge on any atom is 0.163 e. The van der Waals surface area contributed by atoms with Crippen molar-refractivity contribution in [2.24, 2.45) is 0 Å². The van der Waals surface area contributed by atoms with Gasteiger partial charge in [0.1, 0.15) is 10.5 Å². The zero-order chi connectivity index (χ0) is 5.54. The molecule has 0 aromatic carbocycles. The summed E-state index contributed by atoms with van der Waals surface area (Å²) in [7, 11) is 2.44. The molecule has 0 aliphatic heterocycles. The second-order valence-corrected chi connectivity index (χ2v) is 3.61. The van der Waals surface area contributed by atoms with E-state index < -0.39 is 0 Å². The molecule has 0 saturated heterocycles. The minimum Gasteiger partial charge on any atom is -0.428 e. The Morgan fingerprint density at radius 3 is 2.86 bits per heavy atom. The number of hydrogen-bond donors (Lipinski definition) is 0. The van der Waals surface area contributed by atoms with Crippen molar-refractivity contribution < 1.29 is 8.85 Å². The smallest absolute Gasteiger partial charge is 0.163 e. The lowest BCUT2D eigenvalue weighted by molar-refractivity contribution is 0.361. The fourth-order valence-electron chi connectivity index (χ4n) is 0.348. The average Bonchev–Trinajstić information content (AvgIpc) is 1.69. The van der Waals surface area contributed by atoms with E-state index in [4.69, 9.17) is 8.85 Å². The van der Waals surface area contributed by atoms with Crippen LogP contribution in [0.2, 0.25) is 6.04 Å². The Kier molecular flexibility index (Phi) is 6.67. The van der Waals surface area contributed by atoms with Crippen LogP contribution in [-0.4, -0.2) is 34.0 Å². The van der Waals surface area contributed by atoms with Crippen molar-refractivity contribution in [2.75, 3.05) is 13.7 Å². The Hall–Kier alpha value is 0.354. The predicted molar refractivity (Wildman–Crippen MR) is 36.3 cm³/mol. The van der Waals surface area contributed by atoms with E-state index in [9.17, 15) is 0 Å². The van der Waals surface area contributed by atoms with Gasteiger partial charge in [0.2, 0.25) is 0 Å². The summed E-state index contributed by atoms with van der Waals surface area (Å²) in [4.78, 5) is 0. The molecule has 0 aliphatic rings. The van der Waals surface area contributed by atoms with E-state index in [-0.39, 0.29) is 9.76 Å². The summed E-state index contributed by atoms with van der Waals surface area (Å²) < 4.78 is 9.86. The molecule has 0 rings (SSSR count). The molecule has 0 aliphatic carbocycles. The predicted octanol–water partition coefficient (Wildman–Crippen LogP) is -1.57. The van der Waals surface area contributed by atoms with Crippen LogP contribution in [0.1, 0.15) is 0 Å². The molecule has 7 heavy (non-hydrogen) atoms. The molecule has 0 fully saturated rings. The van der Waals surface area contributed by atoms with Gasteiger partial charge in [-0.25, -0.2) is 0 Å². The van der Waals surface area contributed by atoms with Gasteiger partial charge in [-0.3, -0.25) is 0 Å². The Bertz CT molecular complexity index is 30.1. The summed E-state index contributed by atoms with van der Waals surface area (Å²) in [5.41, 5.74) is 0. The van der Waals surface area contributed by atoms with Crippen LogP contribution in [-0.2, 0) is 8.85 Å². The summed E-state index contributed by atoms with van der Waals surface area (Å²) in [6.45, 7) is 0.923. The minimum atomic E-state index is -0.192. The zero-order valence-electron chi connectivity index (χ0n) is 4.94. The first-order chi connectivity index (χ1) is 3.41. The van der Waals surface area contributed by atoms with E-state index in [1.807, 2.05) is 0 Å². The van der Waals surface area contributed by atoms with Crippen LogP contribution in [0.3, 0.4) is 0 Å². The highest BCUT2D eigenvalue weighted by Gasteiger charge is 1.81. The summed E-state index contributed by atoms with van der Waals surface area (Å²) >= 11 is 0. The highest BCUT2D eigenvalue weighted by atomic mass is 28.2. The lowest BCUT2D eigenvalue weighted by Crippen LogP contribution is -1.97. The van der Waals surface area contributed by atoms with Gasteiger partial charge >= 0.3 is 0 Å². The van der Waals surface area contributed by atoms with Gasteiger partial charge in [-0.15, -0.1) is 0 Å². The van der Waals surface area contributed by atoms with Gasteiger partial charge in [-0.2, -0.15) is 0 Å². The van der Waals surface area contributed by atoms with Gasteiger partial charge in [0.25, 0.3) is 0 Å². The van der Waals surface area contributed by atoms with Gasteiger partial charge in [-0.1, -0.05) is 0 Å². The molecule has 0 saturated carbocycles. The SMILES string of the molecule is CO[SiH2]CCO[SiH3]. The highest BCUT2D eigenvalue weighted by molar-refractivity contribution is 6.27. The van der Waals surface area contributed by atoms with Crippen LogP contribution >= 0.6 is 0 Å². The maximum absolute atomic E-state index is 4.94. The third-order valence-electron chi connectivity index (χ3n) is 0.697. The van der Waals surface area contributed by atoms with E-state index in [1.165, 1.54) is 6.04 Å². The van der Waals surface area contributed by atoms with Crippen molar-refractivity contribution in [1.29, 1.82) is 0 Å². The third kappa shape index (κ3) is 6.35. The highest BCUT2D eigenvalue weighted by Crippen LogP contribution is 1.76. The van der Waals surface area contributed by atoms with Crippen molar-refractivity contribution in [2.45, 2.75) is 6.04 Å². The van der Waals surface area contributed by atoms with Crippen LogP contribution in [0.15, 0.2) is 0 Å². The summed E-state index contributed by atoms with van der Waals surface area (Å²) in [5.74, 6) is 0. The van der Waals surface area contributed by atoms with Crippen LogP contribution in [0, 0.1) is 0 Å². The second kappa shape index (κ2) is 6.35. The molecule has 0 unspecified atom stereocenters. The maximum atomic E-state index is 4.94. The van der Waals surface area contributed by atoms with E-state index in [0.29, 0.717) is 0 Å². The van der Waals surface area contributed by atoms with E-state index in [2.05, 4.69) is 0 Å². The molecule has 2 nitrogen and oxygen atoms in total. The zero-order valence-corrected chi connectivity index (χ0v) is 8.35. The quantitative estimate of drug-likeness (QED) is 0.343. The molecule has 0 atom stereocenters. The molecule has 0 aromatic rings. The van der Waals surface area contributed by atoms with Gasteiger partial charge in [0, 0.05) is 13.7 Å². The molecule has 0 heterocycles. The molecular weight excluding hydrogens is 124 g/mol. The standard InChI is InChI=1S/C3H12O2Si2/c1-4-7-3-2-5-6/h2-3,7H2,1,6H3. The molecule has 0 spiro atoms. The molecule has 0 bridgehead atoms. The minimum absolute atomic E-state index is 0.192. The molecule has 4 heteroatoms. The largest absolute Gasteiger partial charge is 0.428 e. The Balaban J connectivity index is 2.45. The normalized spacial score (nSPS) is 11.6. The number of hydrogen-bond acceptors (Lipinski definition) is 2. The van der Waals surface area contributed by atoms with Crippen molar-refractivity contribution in [3.63, 3.8) is 0 Å². The van der Waals surface area contributed by atoms with E-state index >= 15 is 0 Å². The molecule has 0 amide bonds. The second-order valence-electron chi connectivity index (χ2n) is 1.34. The Labute approximate surface area is 49.7 Å². The summed E-state index contributed by atoms with van der Waals surface area (Å²) in [6, 6.07) is 1.17. The first kappa shape index (κ1) is 7.35. The third-order valence-corrected chi connectivity index (χ3v) is 2.09. The Morgan fingerprint density at radius 2 is 2.43 bits per heavy atom. The Morgan fingerprint density at radius 1 is 1.71 bits per heavy atom.